The Hall–Kier alpha value is -2.29. The highest BCUT2D eigenvalue weighted by molar-refractivity contribution is 5.69. The van der Waals surface area contributed by atoms with Gasteiger partial charge in [0.05, 0.1) is 0 Å². The molecule has 0 aromatic heterocycles. The van der Waals surface area contributed by atoms with E-state index in [2.05, 4.69) is 0 Å². The minimum absolute atomic E-state index is 0.0830. The van der Waals surface area contributed by atoms with E-state index in [0.29, 0.717) is 5.56 Å². The SMILES string of the molecule is O=C([O-])Cc1ccc(-c2cccc(O)c2)cc1. The lowest BCUT2D eigenvalue weighted by atomic mass is 10.0. The Labute approximate surface area is 99.0 Å². The van der Waals surface area contributed by atoms with Gasteiger partial charge in [-0.25, -0.2) is 0 Å². The van der Waals surface area contributed by atoms with Crippen LogP contribution in [0.3, 0.4) is 0 Å². The summed E-state index contributed by atoms with van der Waals surface area (Å²) in [6.45, 7) is 0. The number of phenolic OH excluding ortho intramolecular Hbond substituents is 1. The Balaban J connectivity index is 2.26. The third-order valence-corrected chi connectivity index (χ3v) is 2.48. The van der Waals surface area contributed by atoms with E-state index in [-0.39, 0.29) is 12.2 Å². The topological polar surface area (TPSA) is 60.4 Å². The Kier molecular flexibility index (Phi) is 3.10. The van der Waals surface area contributed by atoms with Crippen LogP contribution in [0, 0.1) is 0 Å². The van der Waals surface area contributed by atoms with Crippen molar-refractivity contribution in [3.8, 4) is 16.9 Å². The van der Waals surface area contributed by atoms with E-state index in [1.807, 2.05) is 18.2 Å². The molecule has 0 saturated carbocycles. The number of aromatic hydroxyl groups is 1. The van der Waals surface area contributed by atoms with Gasteiger partial charge in [-0.3, -0.25) is 0 Å². The lowest BCUT2D eigenvalue weighted by Crippen LogP contribution is -2.24. The van der Waals surface area contributed by atoms with Gasteiger partial charge in [-0.15, -0.1) is 0 Å². The van der Waals surface area contributed by atoms with Crippen LogP contribution in [0.5, 0.6) is 5.75 Å². The van der Waals surface area contributed by atoms with E-state index >= 15 is 0 Å². The van der Waals surface area contributed by atoms with Gasteiger partial charge in [0.15, 0.2) is 0 Å². The fourth-order valence-corrected chi connectivity index (χ4v) is 1.67. The molecule has 0 aliphatic heterocycles. The van der Waals surface area contributed by atoms with E-state index in [9.17, 15) is 15.0 Å². The number of hydrogen-bond donors (Lipinski definition) is 1. The number of rotatable bonds is 3. The molecule has 86 valence electrons. The van der Waals surface area contributed by atoms with Crippen molar-refractivity contribution in [2.45, 2.75) is 6.42 Å². The number of carboxylic acid groups (broad SMARTS) is 1. The van der Waals surface area contributed by atoms with Crippen molar-refractivity contribution in [1.82, 2.24) is 0 Å². The molecule has 0 fully saturated rings. The fourth-order valence-electron chi connectivity index (χ4n) is 1.67. The van der Waals surface area contributed by atoms with E-state index in [4.69, 9.17) is 0 Å². The second-order valence-corrected chi connectivity index (χ2v) is 3.80. The first kappa shape index (κ1) is 11.2. The number of phenols is 1. The van der Waals surface area contributed by atoms with Crippen molar-refractivity contribution in [1.29, 1.82) is 0 Å². The first-order chi connectivity index (χ1) is 8.15. The normalized spacial score (nSPS) is 10.1. The molecule has 2 rings (SSSR count). The highest BCUT2D eigenvalue weighted by Crippen LogP contribution is 2.23. The summed E-state index contributed by atoms with van der Waals surface area (Å²) in [6, 6.07) is 14.1. The molecule has 0 heterocycles. The molecule has 0 aliphatic rings. The first-order valence-corrected chi connectivity index (χ1v) is 5.23. The molecule has 3 heteroatoms. The standard InChI is InChI=1S/C14H12O3/c15-13-3-1-2-12(9-13)11-6-4-10(5-7-11)8-14(16)17/h1-7,9,15H,8H2,(H,16,17)/p-1. The molecule has 2 aromatic rings. The van der Waals surface area contributed by atoms with Crippen LogP contribution in [0.1, 0.15) is 5.56 Å². The van der Waals surface area contributed by atoms with E-state index < -0.39 is 5.97 Å². The van der Waals surface area contributed by atoms with Gasteiger partial charge in [-0.1, -0.05) is 36.4 Å². The Morgan fingerprint density at radius 2 is 1.76 bits per heavy atom. The summed E-state index contributed by atoms with van der Waals surface area (Å²) in [6.07, 6.45) is -0.0830. The largest absolute Gasteiger partial charge is 0.550 e. The predicted octanol–water partition coefficient (Wildman–Crippen LogP) is 1.35. The van der Waals surface area contributed by atoms with Crippen LogP contribution in [0.15, 0.2) is 48.5 Å². The van der Waals surface area contributed by atoms with Crippen molar-refractivity contribution in [2.75, 3.05) is 0 Å². The molecule has 2 aromatic carbocycles. The molecular formula is C14H11O3-. The quantitative estimate of drug-likeness (QED) is 0.861. The molecule has 0 spiro atoms. The lowest BCUT2D eigenvalue weighted by Gasteiger charge is -2.05. The summed E-state index contributed by atoms with van der Waals surface area (Å²) in [5.41, 5.74) is 2.53. The first-order valence-electron chi connectivity index (χ1n) is 5.23. The maximum atomic E-state index is 10.4. The average molecular weight is 227 g/mol. The Morgan fingerprint density at radius 1 is 1.06 bits per heavy atom. The maximum absolute atomic E-state index is 10.4. The maximum Gasteiger partial charge on any atom is 0.116 e. The zero-order chi connectivity index (χ0) is 12.3. The number of carbonyl (C=O) groups is 1. The van der Waals surface area contributed by atoms with Gasteiger partial charge < -0.3 is 15.0 Å². The summed E-state index contributed by atoms with van der Waals surface area (Å²) < 4.78 is 0. The summed E-state index contributed by atoms with van der Waals surface area (Å²) in [7, 11) is 0. The second kappa shape index (κ2) is 4.70. The highest BCUT2D eigenvalue weighted by atomic mass is 16.4. The van der Waals surface area contributed by atoms with Crippen molar-refractivity contribution in [2.24, 2.45) is 0 Å². The zero-order valence-corrected chi connectivity index (χ0v) is 9.09. The summed E-state index contributed by atoms with van der Waals surface area (Å²) in [5, 5.41) is 19.8. The average Bonchev–Trinajstić information content (AvgIpc) is 2.29. The minimum atomic E-state index is -1.09. The van der Waals surface area contributed by atoms with Crippen LogP contribution in [-0.2, 0) is 11.2 Å². The van der Waals surface area contributed by atoms with Crippen molar-refractivity contribution in [3.05, 3.63) is 54.1 Å². The molecule has 0 aliphatic carbocycles. The molecule has 0 saturated heterocycles. The predicted molar refractivity (Wildman–Crippen MR) is 62.3 cm³/mol. The number of aliphatic carboxylic acids is 1. The van der Waals surface area contributed by atoms with Crippen LogP contribution in [-0.4, -0.2) is 11.1 Å². The second-order valence-electron chi connectivity index (χ2n) is 3.80. The molecule has 0 radical (unpaired) electrons. The van der Waals surface area contributed by atoms with Crippen LogP contribution in [0.4, 0.5) is 0 Å². The number of benzene rings is 2. The van der Waals surface area contributed by atoms with Crippen molar-refractivity contribution in [3.63, 3.8) is 0 Å². The smallest absolute Gasteiger partial charge is 0.116 e. The summed E-state index contributed by atoms with van der Waals surface area (Å²) >= 11 is 0. The van der Waals surface area contributed by atoms with Crippen molar-refractivity contribution < 1.29 is 15.0 Å². The Bertz CT molecular complexity index is 529. The molecule has 3 nitrogen and oxygen atoms in total. The molecule has 0 amide bonds. The molecular weight excluding hydrogens is 216 g/mol. The third kappa shape index (κ3) is 2.84. The molecule has 0 unspecified atom stereocenters. The molecule has 1 N–H and O–H groups in total. The Morgan fingerprint density at radius 3 is 2.35 bits per heavy atom. The molecule has 17 heavy (non-hydrogen) atoms. The minimum Gasteiger partial charge on any atom is -0.550 e. The van der Waals surface area contributed by atoms with Gasteiger partial charge >= 0.3 is 0 Å². The number of hydrogen-bond acceptors (Lipinski definition) is 3. The van der Waals surface area contributed by atoms with Crippen LogP contribution < -0.4 is 5.11 Å². The van der Waals surface area contributed by atoms with E-state index in [1.165, 1.54) is 0 Å². The van der Waals surface area contributed by atoms with E-state index in [1.54, 1.807) is 30.3 Å². The summed E-state index contributed by atoms with van der Waals surface area (Å²) in [4.78, 5) is 10.4. The van der Waals surface area contributed by atoms with Gasteiger partial charge in [-0.05, 0) is 28.8 Å². The van der Waals surface area contributed by atoms with Crippen LogP contribution in [0.25, 0.3) is 11.1 Å². The third-order valence-electron chi connectivity index (χ3n) is 2.48. The molecule has 0 atom stereocenters. The fraction of sp³-hybridized carbons (Fsp3) is 0.0714. The van der Waals surface area contributed by atoms with Gasteiger partial charge in [-0.2, -0.15) is 0 Å². The van der Waals surface area contributed by atoms with Crippen LogP contribution >= 0.6 is 0 Å². The van der Waals surface area contributed by atoms with E-state index in [0.717, 1.165) is 11.1 Å². The monoisotopic (exact) mass is 227 g/mol. The highest BCUT2D eigenvalue weighted by Gasteiger charge is 1.99. The van der Waals surface area contributed by atoms with Crippen LogP contribution in [0.2, 0.25) is 0 Å². The number of carboxylic acids is 1. The van der Waals surface area contributed by atoms with Gasteiger partial charge in [0.2, 0.25) is 0 Å². The lowest BCUT2D eigenvalue weighted by molar-refractivity contribution is -0.304. The van der Waals surface area contributed by atoms with Gasteiger partial charge in [0.1, 0.15) is 5.75 Å². The molecule has 0 bridgehead atoms. The van der Waals surface area contributed by atoms with Gasteiger partial charge in [0.25, 0.3) is 0 Å². The van der Waals surface area contributed by atoms with Gasteiger partial charge in [0, 0.05) is 12.4 Å². The zero-order valence-electron chi connectivity index (χ0n) is 9.09. The summed E-state index contributed by atoms with van der Waals surface area (Å²) in [5.74, 6) is -0.878. The number of carbonyl (C=O) groups excluding carboxylic acids is 1. The van der Waals surface area contributed by atoms with Crippen molar-refractivity contribution >= 4 is 5.97 Å².